The monoisotopic (exact) mass is 414 g/mol. The van der Waals surface area contributed by atoms with Crippen LogP contribution in [0.1, 0.15) is 11.1 Å². The molecule has 0 saturated heterocycles. The number of rotatable bonds is 6. The van der Waals surface area contributed by atoms with Crippen molar-refractivity contribution >= 4 is 36.0 Å². The predicted molar refractivity (Wildman–Crippen MR) is 106 cm³/mol. The van der Waals surface area contributed by atoms with E-state index in [-0.39, 0.29) is 0 Å². The quantitative estimate of drug-likeness (QED) is 0.512. The van der Waals surface area contributed by atoms with E-state index < -0.39 is 23.9 Å². The van der Waals surface area contributed by atoms with Crippen LogP contribution >= 0.6 is 0 Å². The van der Waals surface area contributed by atoms with Crippen LogP contribution in [0.3, 0.4) is 0 Å². The number of hydrogen-bond acceptors (Lipinski definition) is 6. The van der Waals surface area contributed by atoms with Crippen molar-refractivity contribution in [2.75, 3.05) is 0 Å². The van der Waals surface area contributed by atoms with E-state index in [2.05, 4.69) is 22.1 Å². The lowest BCUT2D eigenvalue weighted by atomic mass is 10.2. The average Bonchev–Trinajstić information content (AvgIpc) is 2.72. The van der Waals surface area contributed by atoms with Crippen LogP contribution in [0, 0.1) is 0 Å². The Hall–Kier alpha value is -4.60. The molecule has 156 valence electrons. The van der Waals surface area contributed by atoms with Crippen LogP contribution < -0.4 is 0 Å². The number of aliphatic carboxylic acids is 4. The summed E-state index contributed by atoms with van der Waals surface area (Å²) in [6.07, 6.45) is 13.5. The molecule has 0 aliphatic carbocycles. The Morgan fingerprint density at radius 1 is 0.533 bits per heavy atom. The maximum absolute atomic E-state index is 9.55. The number of carboxylic acids is 4. The van der Waals surface area contributed by atoms with E-state index in [0.717, 1.165) is 11.1 Å². The van der Waals surface area contributed by atoms with Crippen LogP contribution in [0.25, 0.3) is 12.2 Å². The highest BCUT2D eigenvalue weighted by molar-refractivity contribution is 5.90. The first-order chi connectivity index (χ1) is 14.2. The molecular formula is C20H18N2O8. The van der Waals surface area contributed by atoms with E-state index in [1.165, 1.54) is 0 Å². The van der Waals surface area contributed by atoms with E-state index in [0.29, 0.717) is 24.3 Å². The predicted octanol–water partition coefficient (Wildman–Crippen LogP) is 2.07. The summed E-state index contributed by atoms with van der Waals surface area (Å²) in [6.45, 7) is 0. The first kappa shape index (κ1) is 25.4. The molecule has 4 N–H and O–H groups in total. The van der Waals surface area contributed by atoms with E-state index >= 15 is 0 Å². The Bertz CT molecular complexity index is 799. The largest absolute Gasteiger partial charge is 0.478 e. The minimum atomic E-state index is -1.26. The van der Waals surface area contributed by atoms with Crippen LogP contribution in [0.4, 0.5) is 0 Å². The van der Waals surface area contributed by atoms with Gasteiger partial charge in [-0.25, -0.2) is 19.2 Å². The summed E-state index contributed by atoms with van der Waals surface area (Å²) in [5, 5.41) is 31.2. The van der Waals surface area contributed by atoms with Gasteiger partial charge in [0.25, 0.3) is 0 Å². The van der Waals surface area contributed by atoms with Gasteiger partial charge in [-0.3, -0.25) is 9.97 Å². The van der Waals surface area contributed by atoms with Crippen molar-refractivity contribution in [3.8, 4) is 0 Å². The molecule has 0 saturated carbocycles. The number of hydrogen-bond donors (Lipinski definition) is 4. The molecule has 0 unspecified atom stereocenters. The SMILES string of the molecule is C(=Cc1ccncc1)c1ccncc1.O=C(O)C=CC(=O)O.O=C(O)C=CC(=O)O. The summed E-state index contributed by atoms with van der Waals surface area (Å²) in [4.78, 5) is 46.1. The summed E-state index contributed by atoms with van der Waals surface area (Å²) < 4.78 is 0. The lowest BCUT2D eigenvalue weighted by Gasteiger charge is -1.92. The fourth-order valence-corrected chi connectivity index (χ4v) is 1.43. The van der Waals surface area contributed by atoms with Gasteiger partial charge in [-0.15, -0.1) is 0 Å². The van der Waals surface area contributed by atoms with Crippen molar-refractivity contribution in [2.24, 2.45) is 0 Å². The van der Waals surface area contributed by atoms with E-state index in [1.807, 2.05) is 24.3 Å². The third-order valence-electron chi connectivity index (χ3n) is 2.62. The number of carboxylic acid groups (broad SMARTS) is 4. The molecule has 30 heavy (non-hydrogen) atoms. The number of aromatic nitrogens is 2. The van der Waals surface area contributed by atoms with Gasteiger partial charge in [0.15, 0.2) is 0 Å². The van der Waals surface area contributed by atoms with Crippen molar-refractivity contribution in [3.05, 3.63) is 84.5 Å². The maximum atomic E-state index is 9.55. The zero-order chi connectivity index (χ0) is 22.8. The Kier molecular flexibility index (Phi) is 13.1. The molecule has 0 bridgehead atoms. The van der Waals surface area contributed by atoms with Gasteiger partial charge in [-0.2, -0.15) is 0 Å². The van der Waals surface area contributed by atoms with Crippen molar-refractivity contribution in [2.45, 2.75) is 0 Å². The summed E-state index contributed by atoms with van der Waals surface area (Å²) in [7, 11) is 0. The third kappa shape index (κ3) is 16.8. The van der Waals surface area contributed by atoms with E-state index in [4.69, 9.17) is 20.4 Å². The van der Waals surface area contributed by atoms with Crippen LogP contribution in [-0.2, 0) is 19.2 Å². The standard InChI is InChI=1S/C12H10N2.2C4H4O4/c1(11-3-7-13-8-4-11)2-12-5-9-14-10-6-12;2*5-3(6)1-2-4(7)8/h1-10H;2*1-2H,(H,5,6)(H,7,8). The molecule has 0 spiro atoms. The molecule has 2 rings (SSSR count). The van der Waals surface area contributed by atoms with Crippen LogP contribution in [0.15, 0.2) is 73.4 Å². The van der Waals surface area contributed by atoms with Gasteiger partial charge in [-0.1, -0.05) is 12.2 Å². The third-order valence-corrected chi connectivity index (χ3v) is 2.62. The van der Waals surface area contributed by atoms with Crippen molar-refractivity contribution in [1.82, 2.24) is 9.97 Å². The molecule has 0 atom stereocenters. The zero-order valence-corrected chi connectivity index (χ0v) is 15.4. The van der Waals surface area contributed by atoms with E-state index in [1.54, 1.807) is 24.8 Å². The Labute approximate surface area is 170 Å². The summed E-state index contributed by atoms with van der Waals surface area (Å²) in [6, 6.07) is 7.88. The average molecular weight is 414 g/mol. The number of pyridine rings is 2. The first-order valence-corrected chi connectivity index (χ1v) is 7.96. The second-order valence-electron chi connectivity index (χ2n) is 4.91. The fourth-order valence-electron chi connectivity index (χ4n) is 1.43. The number of carbonyl (C=O) groups is 4. The second kappa shape index (κ2) is 15.5. The lowest BCUT2D eigenvalue weighted by molar-refractivity contribution is -0.134. The minimum absolute atomic E-state index is 0.558. The molecule has 0 fully saturated rings. The molecule has 0 amide bonds. The normalized spacial score (nSPS) is 10.0. The molecule has 2 aromatic heterocycles. The Morgan fingerprint density at radius 2 is 0.767 bits per heavy atom. The van der Waals surface area contributed by atoms with Gasteiger partial charge in [0, 0.05) is 49.1 Å². The molecule has 2 aromatic rings. The van der Waals surface area contributed by atoms with Crippen LogP contribution in [0.5, 0.6) is 0 Å². The summed E-state index contributed by atoms with van der Waals surface area (Å²) in [5.41, 5.74) is 2.30. The van der Waals surface area contributed by atoms with Gasteiger partial charge < -0.3 is 20.4 Å². The molecule has 0 aromatic carbocycles. The van der Waals surface area contributed by atoms with Gasteiger partial charge in [0.1, 0.15) is 0 Å². The summed E-state index contributed by atoms with van der Waals surface area (Å²) >= 11 is 0. The molecular weight excluding hydrogens is 396 g/mol. The molecule has 10 nitrogen and oxygen atoms in total. The maximum Gasteiger partial charge on any atom is 0.328 e. The topological polar surface area (TPSA) is 175 Å². The van der Waals surface area contributed by atoms with Gasteiger partial charge in [0.05, 0.1) is 0 Å². The van der Waals surface area contributed by atoms with Crippen LogP contribution in [0.2, 0.25) is 0 Å². The molecule has 2 heterocycles. The molecule has 0 aliphatic heterocycles. The Morgan fingerprint density at radius 3 is 0.967 bits per heavy atom. The molecule has 0 radical (unpaired) electrons. The highest BCUT2D eigenvalue weighted by Gasteiger charge is 1.89. The van der Waals surface area contributed by atoms with Gasteiger partial charge in [-0.05, 0) is 35.4 Å². The minimum Gasteiger partial charge on any atom is -0.478 e. The first-order valence-electron chi connectivity index (χ1n) is 7.96. The summed E-state index contributed by atoms with van der Waals surface area (Å²) in [5.74, 6) is -5.03. The molecule has 0 aliphatic rings. The molecule has 10 heteroatoms. The van der Waals surface area contributed by atoms with Crippen molar-refractivity contribution < 1.29 is 39.6 Å². The number of nitrogens with zero attached hydrogens (tertiary/aromatic N) is 2. The van der Waals surface area contributed by atoms with E-state index in [9.17, 15) is 19.2 Å². The van der Waals surface area contributed by atoms with Crippen LogP contribution in [-0.4, -0.2) is 54.3 Å². The van der Waals surface area contributed by atoms with Gasteiger partial charge >= 0.3 is 23.9 Å². The lowest BCUT2D eigenvalue weighted by Crippen LogP contribution is -1.91. The fraction of sp³-hybridized carbons (Fsp3) is 0. The van der Waals surface area contributed by atoms with Crippen molar-refractivity contribution in [1.29, 1.82) is 0 Å². The Balaban J connectivity index is 0.000000456. The second-order valence-corrected chi connectivity index (χ2v) is 4.91. The highest BCUT2D eigenvalue weighted by Crippen LogP contribution is 2.05. The zero-order valence-electron chi connectivity index (χ0n) is 15.4. The van der Waals surface area contributed by atoms with Crippen molar-refractivity contribution in [3.63, 3.8) is 0 Å². The van der Waals surface area contributed by atoms with Gasteiger partial charge in [0.2, 0.25) is 0 Å². The highest BCUT2D eigenvalue weighted by atomic mass is 16.4. The smallest absolute Gasteiger partial charge is 0.328 e.